The van der Waals surface area contributed by atoms with Crippen molar-refractivity contribution in [2.45, 2.75) is 39.4 Å². The third-order valence-electron chi connectivity index (χ3n) is 1.74. The second-order valence-corrected chi connectivity index (χ2v) is 2.91. The van der Waals surface area contributed by atoms with Gasteiger partial charge in [-0.1, -0.05) is 18.2 Å². The highest BCUT2D eigenvalue weighted by atomic mass is 16.7. The summed E-state index contributed by atoms with van der Waals surface area (Å²) in [5.41, 5.74) is 0. The van der Waals surface area contributed by atoms with Crippen molar-refractivity contribution in [1.82, 2.24) is 0 Å². The molecule has 0 aliphatic heterocycles. The second kappa shape index (κ2) is 10.5. The van der Waals surface area contributed by atoms with E-state index in [-0.39, 0.29) is 6.29 Å². The molecule has 0 unspecified atom stereocenters. The van der Waals surface area contributed by atoms with E-state index in [9.17, 15) is 0 Å². The molecule has 0 aromatic rings. The van der Waals surface area contributed by atoms with Gasteiger partial charge >= 0.3 is 0 Å². The standard InChI is InChI=1S/C12H22O2/c1-4-7-8-9-10-11-12(13-5-2)14-6-3/h4,8-9,12H,1,5-7,10-11H2,2-3H3/b9-8+. The van der Waals surface area contributed by atoms with Gasteiger partial charge in [-0.2, -0.15) is 0 Å². The number of rotatable bonds is 9. The molecule has 0 bridgehead atoms. The molecule has 0 saturated carbocycles. The number of ether oxygens (including phenoxy) is 2. The Hall–Kier alpha value is -0.600. The van der Waals surface area contributed by atoms with Crippen molar-refractivity contribution >= 4 is 0 Å². The van der Waals surface area contributed by atoms with Crippen LogP contribution in [-0.2, 0) is 9.47 Å². The van der Waals surface area contributed by atoms with Crippen LogP contribution >= 0.6 is 0 Å². The Morgan fingerprint density at radius 1 is 1.14 bits per heavy atom. The molecule has 2 nitrogen and oxygen atoms in total. The summed E-state index contributed by atoms with van der Waals surface area (Å²) in [7, 11) is 0. The van der Waals surface area contributed by atoms with E-state index in [4.69, 9.17) is 9.47 Å². The Balaban J connectivity index is 3.53. The maximum atomic E-state index is 5.41. The van der Waals surface area contributed by atoms with Crippen molar-refractivity contribution < 1.29 is 9.47 Å². The molecule has 0 amide bonds. The van der Waals surface area contributed by atoms with Crippen LogP contribution in [0.4, 0.5) is 0 Å². The summed E-state index contributed by atoms with van der Waals surface area (Å²) in [6.45, 7) is 9.04. The molecule has 0 aromatic heterocycles. The normalized spacial score (nSPS) is 11.4. The first-order valence-electron chi connectivity index (χ1n) is 5.34. The third-order valence-corrected chi connectivity index (χ3v) is 1.74. The lowest BCUT2D eigenvalue weighted by Gasteiger charge is -2.15. The molecule has 0 aliphatic carbocycles. The zero-order chi connectivity index (χ0) is 10.6. The van der Waals surface area contributed by atoms with Crippen LogP contribution < -0.4 is 0 Å². The summed E-state index contributed by atoms with van der Waals surface area (Å²) in [5, 5.41) is 0. The van der Waals surface area contributed by atoms with Gasteiger partial charge in [-0.05, 0) is 26.7 Å². The maximum absolute atomic E-state index is 5.41. The Labute approximate surface area is 87.6 Å². The monoisotopic (exact) mass is 198 g/mol. The maximum Gasteiger partial charge on any atom is 0.157 e. The van der Waals surface area contributed by atoms with Crippen molar-refractivity contribution in [1.29, 1.82) is 0 Å². The molecule has 0 rings (SSSR count). The van der Waals surface area contributed by atoms with Gasteiger partial charge in [0.15, 0.2) is 6.29 Å². The van der Waals surface area contributed by atoms with Gasteiger partial charge in [0, 0.05) is 19.6 Å². The molecule has 0 aliphatic rings. The van der Waals surface area contributed by atoms with Crippen LogP contribution in [-0.4, -0.2) is 19.5 Å². The van der Waals surface area contributed by atoms with Gasteiger partial charge in [-0.15, -0.1) is 6.58 Å². The molecule has 0 saturated heterocycles. The molecule has 0 radical (unpaired) electrons. The molecule has 0 aromatic carbocycles. The first kappa shape index (κ1) is 13.4. The van der Waals surface area contributed by atoms with Gasteiger partial charge in [0.25, 0.3) is 0 Å². The average Bonchev–Trinajstić information content (AvgIpc) is 2.18. The van der Waals surface area contributed by atoms with Crippen LogP contribution in [0.2, 0.25) is 0 Å². The molecule has 14 heavy (non-hydrogen) atoms. The molecular formula is C12H22O2. The van der Waals surface area contributed by atoms with Gasteiger partial charge in [-0.3, -0.25) is 0 Å². The minimum absolute atomic E-state index is 0.0432. The van der Waals surface area contributed by atoms with Gasteiger partial charge in [0.2, 0.25) is 0 Å². The lowest BCUT2D eigenvalue weighted by Crippen LogP contribution is -2.16. The zero-order valence-corrected chi connectivity index (χ0v) is 9.37. The smallest absolute Gasteiger partial charge is 0.157 e. The zero-order valence-electron chi connectivity index (χ0n) is 9.37. The first-order valence-corrected chi connectivity index (χ1v) is 5.34. The molecule has 0 fully saturated rings. The van der Waals surface area contributed by atoms with E-state index in [0.717, 1.165) is 19.3 Å². The molecule has 0 N–H and O–H groups in total. The van der Waals surface area contributed by atoms with E-state index in [1.54, 1.807) is 0 Å². The lowest BCUT2D eigenvalue weighted by atomic mass is 10.2. The Kier molecular flexibility index (Phi) is 10.0. The summed E-state index contributed by atoms with van der Waals surface area (Å²) in [6, 6.07) is 0. The van der Waals surface area contributed by atoms with E-state index in [1.165, 1.54) is 0 Å². The molecule has 2 heteroatoms. The minimum atomic E-state index is -0.0432. The van der Waals surface area contributed by atoms with Crippen LogP contribution in [0.1, 0.15) is 33.1 Å². The summed E-state index contributed by atoms with van der Waals surface area (Å²) in [4.78, 5) is 0. The molecule has 0 heterocycles. The fourth-order valence-corrected chi connectivity index (χ4v) is 1.13. The Bertz CT molecular complexity index is 146. The predicted molar refractivity (Wildman–Crippen MR) is 60.2 cm³/mol. The van der Waals surface area contributed by atoms with Gasteiger partial charge in [-0.25, -0.2) is 0 Å². The summed E-state index contributed by atoms with van der Waals surface area (Å²) in [5.74, 6) is 0. The summed E-state index contributed by atoms with van der Waals surface area (Å²) >= 11 is 0. The van der Waals surface area contributed by atoms with Crippen molar-refractivity contribution in [3.05, 3.63) is 24.8 Å². The Morgan fingerprint density at radius 2 is 1.79 bits per heavy atom. The topological polar surface area (TPSA) is 18.5 Å². The lowest BCUT2D eigenvalue weighted by molar-refractivity contribution is -0.138. The van der Waals surface area contributed by atoms with Crippen LogP contribution in [0.25, 0.3) is 0 Å². The van der Waals surface area contributed by atoms with Crippen LogP contribution in [0.5, 0.6) is 0 Å². The van der Waals surface area contributed by atoms with Gasteiger partial charge in [0.05, 0.1) is 0 Å². The number of hydrogen-bond donors (Lipinski definition) is 0. The van der Waals surface area contributed by atoms with Crippen LogP contribution in [0, 0.1) is 0 Å². The van der Waals surface area contributed by atoms with Gasteiger partial charge in [0.1, 0.15) is 0 Å². The number of allylic oxidation sites excluding steroid dienone is 3. The minimum Gasteiger partial charge on any atom is -0.353 e. The van der Waals surface area contributed by atoms with Crippen molar-refractivity contribution in [3.8, 4) is 0 Å². The van der Waals surface area contributed by atoms with E-state index >= 15 is 0 Å². The number of hydrogen-bond acceptors (Lipinski definition) is 2. The predicted octanol–water partition coefficient (Wildman–Crippen LogP) is 3.30. The SMILES string of the molecule is C=CC/C=C/CCC(OCC)OCC. The fourth-order valence-electron chi connectivity index (χ4n) is 1.13. The quantitative estimate of drug-likeness (QED) is 0.418. The molecule has 82 valence electrons. The molecule has 0 atom stereocenters. The second-order valence-electron chi connectivity index (χ2n) is 2.91. The van der Waals surface area contributed by atoms with Crippen LogP contribution in [0.15, 0.2) is 24.8 Å². The third kappa shape index (κ3) is 8.02. The Morgan fingerprint density at radius 3 is 2.29 bits per heavy atom. The first-order chi connectivity index (χ1) is 6.85. The van der Waals surface area contributed by atoms with E-state index in [2.05, 4.69) is 18.7 Å². The van der Waals surface area contributed by atoms with E-state index in [1.807, 2.05) is 19.9 Å². The molecular weight excluding hydrogens is 176 g/mol. The molecule has 0 spiro atoms. The largest absolute Gasteiger partial charge is 0.353 e. The van der Waals surface area contributed by atoms with Crippen molar-refractivity contribution in [2.75, 3.05) is 13.2 Å². The van der Waals surface area contributed by atoms with E-state index < -0.39 is 0 Å². The highest BCUT2D eigenvalue weighted by molar-refractivity contribution is 4.88. The highest BCUT2D eigenvalue weighted by Gasteiger charge is 2.05. The fraction of sp³-hybridized carbons (Fsp3) is 0.667. The average molecular weight is 198 g/mol. The van der Waals surface area contributed by atoms with Crippen molar-refractivity contribution in [3.63, 3.8) is 0 Å². The van der Waals surface area contributed by atoms with Gasteiger partial charge < -0.3 is 9.47 Å². The highest BCUT2D eigenvalue weighted by Crippen LogP contribution is 2.05. The van der Waals surface area contributed by atoms with Crippen molar-refractivity contribution in [2.24, 2.45) is 0 Å². The van der Waals surface area contributed by atoms with E-state index in [0.29, 0.717) is 13.2 Å². The van der Waals surface area contributed by atoms with Crippen LogP contribution in [0.3, 0.4) is 0 Å². The summed E-state index contributed by atoms with van der Waals surface area (Å²) < 4.78 is 10.8. The summed E-state index contributed by atoms with van der Waals surface area (Å²) in [6.07, 6.45) is 8.97.